The van der Waals surface area contributed by atoms with Crippen LogP contribution < -0.4 is 0 Å². The summed E-state index contributed by atoms with van der Waals surface area (Å²) >= 11 is 0. The summed E-state index contributed by atoms with van der Waals surface area (Å²) < 4.78 is 28.7. The van der Waals surface area contributed by atoms with Gasteiger partial charge in [-0.05, 0) is 24.7 Å². The summed E-state index contributed by atoms with van der Waals surface area (Å²) in [5, 5.41) is 23.7. The maximum absolute atomic E-state index is 13.5. The number of hydrogen-bond acceptors (Lipinski definition) is 10. The summed E-state index contributed by atoms with van der Waals surface area (Å²) in [7, 11) is 1.36. The van der Waals surface area contributed by atoms with Crippen LogP contribution in [-0.4, -0.2) is 77.1 Å². The predicted octanol–water partition coefficient (Wildman–Crippen LogP) is -0.715. The van der Waals surface area contributed by atoms with Crippen LogP contribution in [0.25, 0.3) is 0 Å². The van der Waals surface area contributed by atoms with Crippen molar-refractivity contribution < 1.29 is 48.3 Å². The van der Waals surface area contributed by atoms with E-state index in [-0.39, 0.29) is 5.92 Å². The lowest BCUT2D eigenvalue weighted by Gasteiger charge is -2.48. The van der Waals surface area contributed by atoms with Crippen molar-refractivity contribution in [2.75, 3.05) is 7.11 Å². The van der Waals surface area contributed by atoms with E-state index in [0.29, 0.717) is 6.42 Å². The van der Waals surface area contributed by atoms with Crippen molar-refractivity contribution >= 4 is 17.9 Å². The summed E-state index contributed by atoms with van der Waals surface area (Å²) in [6.07, 6.45) is -5.92. The minimum atomic E-state index is -2.19. The highest BCUT2D eigenvalue weighted by Gasteiger charge is 3.04. The number of carbonyl (C=O) groups excluding carboxylic acids is 3. The lowest BCUT2D eigenvalue weighted by atomic mass is 9.51. The topological polar surface area (TPSA) is 138 Å². The first-order valence-corrected chi connectivity index (χ1v) is 10.6. The van der Waals surface area contributed by atoms with Gasteiger partial charge >= 0.3 is 17.9 Å². The van der Waals surface area contributed by atoms with Gasteiger partial charge < -0.3 is 33.9 Å². The Hall–Kier alpha value is -1.75. The molecule has 6 rings (SSSR count). The SMILES string of the molecule is C[C@@H]1C(=O)O[C@H]2[C@H](O)C34C5C[C@@H](C(C)(C)C)C36C(OC(=O)C6O[11CH3])O[C@]4(C(=O)O5)[C@@]12O. The average Bonchev–Trinajstić information content (AvgIpc) is 3.38. The number of aliphatic hydroxyl groups excluding tert-OH is 1. The van der Waals surface area contributed by atoms with E-state index in [1.165, 1.54) is 14.0 Å². The standard InChI is InChI=1S/C21H26O10/c1-7-13(23)29-11-10(22)19-9-6-8(17(2,3)4)18(19)12(27-5)14(24)30-16(18)31-21(19,15(25)28-9)20(7,11)26/h7-12,16,22,26H,6H2,1-5H3/t7-,8+,9?,10+,11+,12?,16?,18?,19?,20-,21+/m1/s1/i5-1. The molecule has 4 saturated heterocycles. The molecule has 10 nitrogen and oxygen atoms in total. The van der Waals surface area contributed by atoms with Gasteiger partial charge in [0.1, 0.15) is 12.2 Å². The number of methoxy groups -OCH3 is 1. The van der Waals surface area contributed by atoms with Gasteiger partial charge in [-0.3, -0.25) is 4.79 Å². The molecule has 0 bridgehead atoms. The van der Waals surface area contributed by atoms with E-state index in [9.17, 15) is 24.6 Å². The Labute approximate surface area is 178 Å². The third-order valence-corrected chi connectivity index (χ3v) is 9.20. The Morgan fingerprint density at radius 1 is 1.10 bits per heavy atom. The zero-order valence-corrected chi connectivity index (χ0v) is 17.9. The van der Waals surface area contributed by atoms with Gasteiger partial charge in [-0.2, -0.15) is 0 Å². The molecule has 0 aromatic rings. The molecule has 31 heavy (non-hydrogen) atoms. The third-order valence-electron chi connectivity index (χ3n) is 9.20. The predicted molar refractivity (Wildman–Crippen MR) is 96.8 cm³/mol. The number of esters is 3. The van der Waals surface area contributed by atoms with Crippen molar-refractivity contribution in [1.82, 2.24) is 0 Å². The Bertz CT molecular complexity index is 941. The van der Waals surface area contributed by atoms with Crippen LogP contribution >= 0.6 is 0 Å². The fraction of sp³-hybridized carbons (Fsp3) is 0.857. The molecule has 4 aliphatic heterocycles. The fourth-order valence-electron chi connectivity index (χ4n) is 8.38. The first-order chi connectivity index (χ1) is 14.4. The van der Waals surface area contributed by atoms with E-state index >= 15 is 0 Å². The van der Waals surface area contributed by atoms with E-state index in [4.69, 9.17) is 23.7 Å². The van der Waals surface area contributed by atoms with Gasteiger partial charge in [-0.1, -0.05) is 20.8 Å². The number of ether oxygens (including phenoxy) is 5. The molecule has 4 heterocycles. The monoisotopic (exact) mass is 437 g/mol. The molecule has 170 valence electrons. The molecule has 11 atom stereocenters. The lowest BCUT2D eigenvalue weighted by molar-refractivity contribution is -0.239. The molecule has 5 unspecified atom stereocenters. The van der Waals surface area contributed by atoms with Crippen LogP contribution in [0.5, 0.6) is 0 Å². The van der Waals surface area contributed by atoms with Crippen LogP contribution in [0.1, 0.15) is 34.1 Å². The van der Waals surface area contributed by atoms with E-state index in [0.717, 1.165) is 0 Å². The quantitative estimate of drug-likeness (QED) is 0.399. The van der Waals surface area contributed by atoms with Gasteiger partial charge in [0, 0.05) is 7.11 Å². The van der Waals surface area contributed by atoms with E-state index in [2.05, 4.69) is 0 Å². The summed E-state index contributed by atoms with van der Waals surface area (Å²) in [6.45, 7) is 7.39. The number of carbonyl (C=O) groups is 3. The lowest BCUT2D eigenvalue weighted by Crippen LogP contribution is -2.67. The van der Waals surface area contributed by atoms with Crippen molar-refractivity contribution in [2.24, 2.45) is 28.1 Å². The van der Waals surface area contributed by atoms with Crippen LogP contribution in [0.4, 0.5) is 0 Å². The largest absolute Gasteiger partial charge is 0.459 e. The molecule has 2 spiro atoms. The first-order valence-electron chi connectivity index (χ1n) is 10.6. The first kappa shape index (κ1) is 19.9. The number of aliphatic hydroxyl groups is 2. The Morgan fingerprint density at radius 2 is 1.77 bits per heavy atom. The van der Waals surface area contributed by atoms with Crippen molar-refractivity contribution in [3.63, 3.8) is 0 Å². The normalized spacial score (nSPS) is 58.5. The van der Waals surface area contributed by atoms with Crippen molar-refractivity contribution in [1.29, 1.82) is 0 Å². The minimum absolute atomic E-state index is 0.315. The molecule has 2 aliphatic carbocycles. The Morgan fingerprint density at radius 3 is 2.39 bits per heavy atom. The molecule has 6 fully saturated rings. The molecule has 2 saturated carbocycles. The molecule has 0 amide bonds. The van der Waals surface area contributed by atoms with Crippen LogP contribution in [0.2, 0.25) is 0 Å². The van der Waals surface area contributed by atoms with Crippen LogP contribution in [-0.2, 0) is 38.1 Å². The zero-order valence-electron chi connectivity index (χ0n) is 17.9. The zero-order chi connectivity index (χ0) is 22.5. The summed E-state index contributed by atoms with van der Waals surface area (Å²) in [6, 6.07) is 0. The maximum Gasteiger partial charge on any atom is 0.343 e. The molecular formula is C21H26O10. The number of fused-ring (bicyclic) bond motifs is 1. The highest BCUT2D eigenvalue weighted by atomic mass is 16.8. The van der Waals surface area contributed by atoms with E-state index in [1.54, 1.807) is 0 Å². The van der Waals surface area contributed by atoms with Gasteiger partial charge in [0.2, 0.25) is 11.9 Å². The molecule has 0 radical (unpaired) electrons. The van der Waals surface area contributed by atoms with Crippen LogP contribution in [0.3, 0.4) is 0 Å². The molecule has 10 heteroatoms. The highest BCUT2D eigenvalue weighted by Crippen LogP contribution is 2.84. The average molecular weight is 437 g/mol. The van der Waals surface area contributed by atoms with Gasteiger partial charge in [-0.25, -0.2) is 9.59 Å². The second-order valence-electron chi connectivity index (χ2n) is 10.9. The van der Waals surface area contributed by atoms with E-state index < -0.39 is 82.0 Å². The van der Waals surface area contributed by atoms with Crippen LogP contribution in [0.15, 0.2) is 0 Å². The van der Waals surface area contributed by atoms with Gasteiger partial charge in [-0.15, -0.1) is 0 Å². The second-order valence-corrected chi connectivity index (χ2v) is 10.9. The molecule has 6 aliphatic rings. The minimum Gasteiger partial charge on any atom is -0.459 e. The van der Waals surface area contributed by atoms with Crippen molar-refractivity contribution in [3.05, 3.63) is 0 Å². The smallest absolute Gasteiger partial charge is 0.343 e. The summed E-state index contributed by atoms with van der Waals surface area (Å²) in [5.41, 5.74) is -7.69. The highest BCUT2D eigenvalue weighted by molar-refractivity contribution is 5.94. The van der Waals surface area contributed by atoms with Gasteiger partial charge in [0.05, 0.1) is 16.7 Å². The Balaban J connectivity index is 1.72. The van der Waals surface area contributed by atoms with Crippen LogP contribution in [0, 0.1) is 28.1 Å². The molecular weight excluding hydrogens is 411 g/mol. The maximum atomic E-state index is 13.5. The van der Waals surface area contributed by atoms with Gasteiger partial charge in [0.25, 0.3) is 0 Å². The molecule has 0 aromatic heterocycles. The van der Waals surface area contributed by atoms with Crippen molar-refractivity contribution in [2.45, 2.75) is 76.0 Å². The molecule has 2 N–H and O–H groups in total. The van der Waals surface area contributed by atoms with Crippen molar-refractivity contribution in [3.8, 4) is 0 Å². The number of rotatable bonds is 1. The van der Waals surface area contributed by atoms with Gasteiger partial charge in [0.15, 0.2) is 17.8 Å². The molecule has 0 aromatic carbocycles. The van der Waals surface area contributed by atoms with E-state index in [1.807, 2.05) is 20.8 Å². The third kappa shape index (κ3) is 1.49. The fourth-order valence-corrected chi connectivity index (χ4v) is 8.38. The number of hydrogen-bond donors (Lipinski definition) is 2. The Kier molecular flexibility index (Phi) is 3.26. The summed E-state index contributed by atoms with van der Waals surface area (Å²) in [5.74, 6) is -3.79. The second kappa shape index (κ2) is 5.08. The summed E-state index contributed by atoms with van der Waals surface area (Å²) in [4.78, 5) is 38.8.